The lowest BCUT2D eigenvalue weighted by molar-refractivity contribution is -0.131. The molecule has 0 aromatic carbocycles. The van der Waals surface area contributed by atoms with Crippen LogP contribution in [0.1, 0.15) is 36.1 Å². The van der Waals surface area contributed by atoms with Gasteiger partial charge in [-0.15, -0.1) is 11.3 Å². The normalized spacial score (nSPS) is 16.9. The van der Waals surface area contributed by atoms with E-state index in [4.69, 9.17) is 5.11 Å². The molecule has 0 spiro atoms. The van der Waals surface area contributed by atoms with Crippen LogP contribution in [0, 0.1) is 0 Å². The van der Waals surface area contributed by atoms with Crippen LogP contribution in [0.3, 0.4) is 0 Å². The fraction of sp³-hybridized carbons (Fsp3) is 0.462. The molecular weight excluding hydrogens is 252 g/mol. The molecule has 1 saturated carbocycles. The predicted octanol–water partition coefficient (Wildman–Crippen LogP) is 4.02. The fourth-order valence-electron chi connectivity index (χ4n) is 1.98. The SMILES string of the molecule is O=C(O)C=Cc1csc(CSC2CCCC2)c1. The van der Waals surface area contributed by atoms with Crippen LogP contribution in [0.2, 0.25) is 0 Å². The van der Waals surface area contributed by atoms with Gasteiger partial charge < -0.3 is 5.11 Å². The van der Waals surface area contributed by atoms with E-state index in [2.05, 4.69) is 6.07 Å². The Bertz CT molecular complexity index is 403. The zero-order valence-electron chi connectivity index (χ0n) is 9.59. The van der Waals surface area contributed by atoms with E-state index in [1.807, 2.05) is 17.1 Å². The summed E-state index contributed by atoms with van der Waals surface area (Å²) in [5.41, 5.74) is 0.999. The van der Waals surface area contributed by atoms with E-state index in [0.29, 0.717) is 0 Å². The van der Waals surface area contributed by atoms with Crippen LogP contribution in [0.5, 0.6) is 0 Å². The van der Waals surface area contributed by atoms with Gasteiger partial charge in [-0.2, -0.15) is 11.8 Å². The van der Waals surface area contributed by atoms with Gasteiger partial charge in [-0.3, -0.25) is 0 Å². The van der Waals surface area contributed by atoms with Crippen LogP contribution in [0.4, 0.5) is 0 Å². The van der Waals surface area contributed by atoms with Gasteiger partial charge in [-0.1, -0.05) is 12.8 Å². The van der Waals surface area contributed by atoms with E-state index < -0.39 is 5.97 Å². The Balaban J connectivity index is 1.83. The number of thioether (sulfide) groups is 1. The molecule has 1 aliphatic rings. The third-order valence-electron chi connectivity index (χ3n) is 2.86. The van der Waals surface area contributed by atoms with Gasteiger partial charge in [0, 0.05) is 22.0 Å². The van der Waals surface area contributed by atoms with Crippen molar-refractivity contribution in [2.45, 2.75) is 36.7 Å². The number of aliphatic carboxylic acids is 1. The van der Waals surface area contributed by atoms with Crippen LogP contribution in [-0.4, -0.2) is 16.3 Å². The molecule has 4 heteroatoms. The third kappa shape index (κ3) is 4.21. The fourth-order valence-corrected chi connectivity index (χ4v) is 4.25. The van der Waals surface area contributed by atoms with E-state index >= 15 is 0 Å². The molecule has 0 unspecified atom stereocenters. The first-order valence-electron chi connectivity index (χ1n) is 5.84. The Morgan fingerprint density at radius 3 is 3.00 bits per heavy atom. The number of carbonyl (C=O) groups is 1. The van der Waals surface area contributed by atoms with Gasteiger partial charge in [0.25, 0.3) is 0 Å². The monoisotopic (exact) mass is 268 g/mol. The Morgan fingerprint density at radius 2 is 2.29 bits per heavy atom. The zero-order chi connectivity index (χ0) is 12.1. The molecule has 0 radical (unpaired) electrons. The maximum Gasteiger partial charge on any atom is 0.328 e. The van der Waals surface area contributed by atoms with Crippen LogP contribution in [0.25, 0.3) is 6.08 Å². The first-order chi connectivity index (χ1) is 8.24. The summed E-state index contributed by atoms with van der Waals surface area (Å²) in [6.45, 7) is 0. The topological polar surface area (TPSA) is 37.3 Å². The number of carboxylic acids is 1. The number of rotatable bonds is 5. The molecule has 0 saturated heterocycles. The van der Waals surface area contributed by atoms with Crippen molar-refractivity contribution in [3.63, 3.8) is 0 Å². The highest BCUT2D eigenvalue weighted by Crippen LogP contribution is 2.32. The minimum atomic E-state index is -0.891. The maximum absolute atomic E-state index is 10.4. The Labute approximate surface area is 110 Å². The van der Waals surface area contributed by atoms with Gasteiger partial charge in [0.2, 0.25) is 0 Å². The van der Waals surface area contributed by atoms with Gasteiger partial charge in [0.1, 0.15) is 0 Å². The predicted molar refractivity (Wildman–Crippen MR) is 74.5 cm³/mol. The summed E-state index contributed by atoms with van der Waals surface area (Å²) in [5.74, 6) is 0.175. The minimum Gasteiger partial charge on any atom is -0.478 e. The van der Waals surface area contributed by atoms with E-state index in [-0.39, 0.29) is 0 Å². The number of carboxylic acid groups (broad SMARTS) is 1. The molecule has 1 N–H and O–H groups in total. The highest BCUT2D eigenvalue weighted by molar-refractivity contribution is 7.99. The molecule has 0 bridgehead atoms. The third-order valence-corrected chi connectivity index (χ3v) is 5.41. The lowest BCUT2D eigenvalue weighted by Crippen LogP contribution is -1.93. The quantitative estimate of drug-likeness (QED) is 0.819. The summed E-state index contributed by atoms with van der Waals surface area (Å²) in [4.78, 5) is 11.7. The van der Waals surface area contributed by atoms with Crippen molar-refractivity contribution >= 4 is 35.1 Å². The van der Waals surface area contributed by atoms with Crippen LogP contribution < -0.4 is 0 Å². The molecule has 1 aromatic rings. The van der Waals surface area contributed by atoms with E-state index in [1.54, 1.807) is 17.4 Å². The van der Waals surface area contributed by atoms with Crippen molar-refractivity contribution in [1.82, 2.24) is 0 Å². The molecule has 2 rings (SSSR count). The van der Waals surface area contributed by atoms with E-state index in [9.17, 15) is 4.79 Å². The van der Waals surface area contributed by atoms with Crippen molar-refractivity contribution < 1.29 is 9.90 Å². The second-order valence-corrected chi connectivity index (χ2v) is 6.52. The lowest BCUT2D eigenvalue weighted by atomic mass is 10.3. The summed E-state index contributed by atoms with van der Waals surface area (Å²) >= 11 is 3.76. The average Bonchev–Trinajstić information content (AvgIpc) is 2.95. The minimum absolute atomic E-state index is 0.843. The van der Waals surface area contributed by atoms with Gasteiger partial charge >= 0.3 is 5.97 Å². The summed E-state index contributed by atoms with van der Waals surface area (Å²) in [6.07, 6.45) is 8.34. The molecule has 2 nitrogen and oxygen atoms in total. The van der Waals surface area contributed by atoms with E-state index in [1.165, 1.54) is 36.6 Å². The van der Waals surface area contributed by atoms with Crippen LogP contribution in [-0.2, 0) is 10.5 Å². The highest BCUT2D eigenvalue weighted by Gasteiger charge is 2.15. The molecule has 0 amide bonds. The van der Waals surface area contributed by atoms with Crippen molar-refractivity contribution in [3.05, 3.63) is 28.0 Å². The van der Waals surface area contributed by atoms with Gasteiger partial charge in [-0.25, -0.2) is 4.79 Å². The summed E-state index contributed by atoms with van der Waals surface area (Å²) in [7, 11) is 0. The first-order valence-corrected chi connectivity index (χ1v) is 7.77. The molecule has 92 valence electrons. The Kier molecular flexibility index (Phi) is 4.68. The maximum atomic E-state index is 10.4. The summed E-state index contributed by atoms with van der Waals surface area (Å²) < 4.78 is 0. The lowest BCUT2D eigenvalue weighted by Gasteiger charge is -2.06. The van der Waals surface area contributed by atoms with E-state index in [0.717, 1.165) is 16.6 Å². The molecule has 1 aliphatic carbocycles. The smallest absolute Gasteiger partial charge is 0.328 e. The molecule has 1 fully saturated rings. The van der Waals surface area contributed by atoms with Crippen LogP contribution in [0.15, 0.2) is 17.5 Å². The van der Waals surface area contributed by atoms with Crippen molar-refractivity contribution in [2.75, 3.05) is 0 Å². The van der Waals surface area contributed by atoms with Gasteiger partial charge in [0.15, 0.2) is 0 Å². The second-order valence-electron chi connectivity index (χ2n) is 4.24. The van der Waals surface area contributed by atoms with Gasteiger partial charge in [0.05, 0.1) is 0 Å². The second kappa shape index (κ2) is 6.26. The Morgan fingerprint density at radius 1 is 1.53 bits per heavy atom. The average molecular weight is 268 g/mol. The van der Waals surface area contributed by atoms with Gasteiger partial charge in [-0.05, 0) is 35.9 Å². The van der Waals surface area contributed by atoms with Crippen molar-refractivity contribution in [3.8, 4) is 0 Å². The first kappa shape index (κ1) is 12.7. The zero-order valence-corrected chi connectivity index (χ0v) is 11.2. The molecule has 1 aromatic heterocycles. The summed E-state index contributed by atoms with van der Waals surface area (Å²) in [5, 5.41) is 11.4. The molecule has 17 heavy (non-hydrogen) atoms. The van der Waals surface area contributed by atoms with Crippen molar-refractivity contribution in [1.29, 1.82) is 0 Å². The molecule has 0 aliphatic heterocycles. The molecule has 1 heterocycles. The summed E-state index contributed by atoms with van der Waals surface area (Å²) in [6, 6.07) is 2.09. The number of hydrogen-bond donors (Lipinski definition) is 1. The Hall–Kier alpha value is -0.740. The van der Waals surface area contributed by atoms with Crippen molar-refractivity contribution in [2.24, 2.45) is 0 Å². The largest absolute Gasteiger partial charge is 0.478 e. The van der Waals surface area contributed by atoms with Crippen LogP contribution >= 0.6 is 23.1 Å². The number of hydrogen-bond acceptors (Lipinski definition) is 3. The molecule has 0 atom stereocenters. The number of thiophene rings is 1. The highest BCUT2D eigenvalue weighted by atomic mass is 32.2. The standard InChI is InChI=1S/C13H16O2S2/c14-13(15)6-5-10-7-12(16-8-10)9-17-11-3-1-2-4-11/h5-8,11H,1-4,9H2,(H,14,15). The molecular formula is C13H16O2S2.